The van der Waals surface area contributed by atoms with Crippen molar-refractivity contribution in [3.8, 4) is 5.75 Å². The molecule has 0 fully saturated rings. The molecule has 2 aromatic rings. The molecule has 0 radical (unpaired) electrons. The Bertz CT molecular complexity index is 740. The third kappa shape index (κ3) is 3.02. The summed E-state index contributed by atoms with van der Waals surface area (Å²) in [6.45, 7) is 0. The summed E-state index contributed by atoms with van der Waals surface area (Å²) >= 11 is 12.1. The second-order valence-electron chi connectivity index (χ2n) is 5.39. The molecule has 3 rings (SSSR count). The van der Waals surface area contributed by atoms with Crippen LogP contribution in [-0.2, 0) is 6.42 Å². The minimum absolute atomic E-state index is 0.262. The highest BCUT2D eigenvalue weighted by Crippen LogP contribution is 2.35. The molecule has 2 atom stereocenters. The number of aliphatic hydroxyl groups is 1. The van der Waals surface area contributed by atoms with E-state index in [1.165, 1.54) is 19.2 Å². The highest BCUT2D eigenvalue weighted by molar-refractivity contribution is 6.37. The van der Waals surface area contributed by atoms with Crippen molar-refractivity contribution in [3.05, 3.63) is 63.1 Å². The van der Waals surface area contributed by atoms with Crippen molar-refractivity contribution in [1.29, 1.82) is 0 Å². The van der Waals surface area contributed by atoms with Crippen molar-refractivity contribution in [2.24, 2.45) is 0 Å². The Morgan fingerprint density at radius 2 is 1.91 bits per heavy atom. The molecule has 1 amide bonds. The van der Waals surface area contributed by atoms with Gasteiger partial charge in [-0.05, 0) is 23.3 Å². The van der Waals surface area contributed by atoms with E-state index in [1.54, 1.807) is 0 Å². The molecule has 4 nitrogen and oxygen atoms in total. The Hall–Kier alpha value is -1.75. The number of carbonyl (C=O) groups excluding carboxylic acids is 1. The summed E-state index contributed by atoms with van der Waals surface area (Å²) in [7, 11) is 1.46. The molecule has 0 saturated carbocycles. The van der Waals surface area contributed by atoms with Crippen molar-refractivity contribution >= 4 is 29.1 Å². The van der Waals surface area contributed by atoms with Gasteiger partial charge in [0, 0.05) is 12.0 Å². The highest BCUT2D eigenvalue weighted by atomic mass is 35.5. The molecule has 0 aliphatic heterocycles. The maximum Gasteiger partial charge on any atom is 0.251 e. The molecule has 2 N–H and O–H groups in total. The van der Waals surface area contributed by atoms with Crippen molar-refractivity contribution in [2.75, 3.05) is 7.11 Å². The Kier molecular flexibility index (Phi) is 4.48. The predicted molar refractivity (Wildman–Crippen MR) is 89.4 cm³/mol. The molecular formula is C17H15Cl2NO3. The molecular weight excluding hydrogens is 337 g/mol. The molecule has 0 saturated heterocycles. The number of methoxy groups -OCH3 is 1. The molecule has 0 heterocycles. The summed E-state index contributed by atoms with van der Waals surface area (Å²) in [5, 5.41) is 13.6. The Balaban J connectivity index is 1.85. The van der Waals surface area contributed by atoms with Crippen molar-refractivity contribution in [1.82, 2.24) is 5.32 Å². The first-order chi connectivity index (χ1) is 11.0. The predicted octanol–water partition coefficient (Wildman–Crippen LogP) is 3.39. The Morgan fingerprint density at radius 3 is 2.57 bits per heavy atom. The summed E-state index contributed by atoms with van der Waals surface area (Å²) in [5.41, 5.74) is 2.28. The Morgan fingerprint density at radius 1 is 1.26 bits per heavy atom. The third-order valence-electron chi connectivity index (χ3n) is 3.96. The number of hydrogen-bond acceptors (Lipinski definition) is 3. The third-order valence-corrected chi connectivity index (χ3v) is 4.52. The van der Waals surface area contributed by atoms with Gasteiger partial charge < -0.3 is 15.2 Å². The molecule has 23 heavy (non-hydrogen) atoms. The van der Waals surface area contributed by atoms with Crippen LogP contribution in [0.5, 0.6) is 5.75 Å². The van der Waals surface area contributed by atoms with Gasteiger partial charge in [0.15, 0.2) is 5.75 Å². The number of aliphatic hydroxyl groups excluding tert-OH is 1. The van der Waals surface area contributed by atoms with Gasteiger partial charge >= 0.3 is 0 Å². The average molecular weight is 352 g/mol. The fourth-order valence-electron chi connectivity index (χ4n) is 2.86. The Labute approximate surface area is 144 Å². The molecule has 2 aromatic carbocycles. The van der Waals surface area contributed by atoms with E-state index in [-0.39, 0.29) is 16.0 Å². The van der Waals surface area contributed by atoms with Crippen molar-refractivity contribution in [2.45, 2.75) is 18.6 Å². The van der Waals surface area contributed by atoms with Gasteiger partial charge in [0.05, 0.1) is 29.3 Å². The molecule has 1 aliphatic carbocycles. The van der Waals surface area contributed by atoms with E-state index in [0.717, 1.165) is 11.1 Å². The number of amides is 1. The van der Waals surface area contributed by atoms with Crippen LogP contribution < -0.4 is 10.1 Å². The first kappa shape index (κ1) is 16.1. The number of benzene rings is 2. The van der Waals surface area contributed by atoms with E-state index in [0.29, 0.717) is 17.7 Å². The first-order valence-electron chi connectivity index (χ1n) is 7.11. The van der Waals surface area contributed by atoms with E-state index in [4.69, 9.17) is 27.9 Å². The van der Waals surface area contributed by atoms with E-state index < -0.39 is 12.1 Å². The minimum atomic E-state index is -0.652. The number of rotatable bonds is 3. The molecule has 120 valence electrons. The zero-order valence-corrected chi connectivity index (χ0v) is 13.9. The molecule has 1 aliphatic rings. The van der Waals surface area contributed by atoms with Crippen molar-refractivity contribution in [3.63, 3.8) is 0 Å². The zero-order valence-electron chi connectivity index (χ0n) is 12.3. The van der Waals surface area contributed by atoms with Crippen molar-refractivity contribution < 1.29 is 14.6 Å². The zero-order chi connectivity index (χ0) is 16.6. The van der Waals surface area contributed by atoms with Gasteiger partial charge in [-0.2, -0.15) is 0 Å². The summed E-state index contributed by atoms with van der Waals surface area (Å²) in [6.07, 6.45) is -0.133. The SMILES string of the molecule is COc1c(Cl)cc(C(=O)NC2c3ccccc3CC2O)cc1Cl. The van der Waals surface area contributed by atoms with Gasteiger partial charge in [-0.25, -0.2) is 0 Å². The lowest BCUT2D eigenvalue weighted by molar-refractivity contribution is 0.0858. The fraction of sp³-hybridized carbons (Fsp3) is 0.235. The van der Waals surface area contributed by atoms with Gasteiger partial charge in [0.2, 0.25) is 0 Å². The molecule has 0 bridgehead atoms. The summed E-state index contributed by atoms with van der Waals surface area (Å²) in [5.74, 6) is -0.0201. The van der Waals surface area contributed by atoms with Gasteiger partial charge in [-0.15, -0.1) is 0 Å². The summed E-state index contributed by atoms with van der Waals surface area (Å²) in [6, 6.07) is 10.2. The maximum absolute atomic E-state index is 12.5. The lowest BCUT2D eigenvalue weighted by atomic mass is 10.1. The monoisotopic (exact) mass is 351 g/mol. The number of hydrogen-bond donors (Lipinski definition) is 2. The van der Waals surface area contributed by atoms with Gasteiger partial charge in [-0.3, -0.25) is 4.79 Å². The highest BCUT2D eigenvalue weighted by Gasteiger charge is 2.32. The number of carbonyl (C=O) groups is 1. The van der Waals surface area contributed by atoms with E-state index in [1.807, 2.05) is 24.3 Å². The number of nitrogens with one attached hydrogen (secondary N) is 1. The van der Waals surface area contributed by atoms with Crippen LogP contribution in [0.3, 0.4) is 0 Å². The van der Waals surface area contributed by atoms with Gasteiger partial charge in [0.25, 0.3) is 5.91 Å². The smallest absolute Gasteiger partial charge is 0.251 e. The lowest BCUT2D eigenvalue weighted by Gasteiger charge is -2.18. The van der Waals surface area contributed by atoms with E-state index in [2.05, 4.69) is 5.32 Å². The van der Waals surface area contributed by atoms with E-state index >= 15 is 0 Å². The second-order valence-corrected chi connectivity index (χ2v) is 6.21. The van der Waals surface area contributed by atoms with Crippen LogP contribution in [0.2, 0.25) is 10.0 Å². The number of halogens is 2. The lowest BCUT2D eigenvalue weighted by Crippen LogP contribution is -2.33. The van der Waals surface area contributed by atoms with Gasteiger partial charge in [0.1, 0.15) is 0 Å². The van der Waals surface area contributed by atoms with Crippen LogP contribution in [0.15, 0.2) is 36.4 Å². The van der Waals surface area contributed by atoms with Crippen LogP contribution >= 0.6 is 23.2 Å². The molecule has 6 heteroatoms. The average Bonchev–Trinajstić information content (AvgIpc) is 2.83. The topological polar surface area (TPSA) is 58.6 Å². The van der Waals surface area contributed by atoms with Crippen LogP contribution in [0.4, 0.5) is 0 Å². The molecule has 0 spiro atoms. The summed E-state index contributed by atoms with van der Waals surface area (Å²) in [4.78, 5) is 12.5. The fourth-order valence-corrected chi connectivity index (χ4v) is 3.50. The number of fused-ring (bicyclic) bond motifs is 1. The summed E-state index contributed by atoms with van der Waals surface area (Å²) < 4.78 is 5.07. The largest absolute Gasteiger partial charge is 0.494 e. The number of ether oxygens (including phenoxy) is 1. The minimum Gasteiger partial charge on any atom is -0.494 e. The second kappa shape index (κ2) is 6.40. The van der Waals surface area contributed by atoms with Gasteiger partial charge in [-0.1, -0.05) is 47.5 Å². The standard InChI is InChI=1S/C17H15Cl2NO3/c1-23-16-12(18)6-10(7-13(16)19)17(22)20-15-11-5-3-2-4-9(11)8-14(15)21/h2-7,14-15,21H,8H2,1H3,(H,20,22). The van der Waals surface area contributed by atoms with Crippen LogP contribution in [0, 0.1) is 0 Å². The molecule has 2 unspecified atom stereocenters. The first-order valence-corrected chi connectivity index (χ1v) is 7.86. The quantitative estimate of drug-likeness (QED) is 0.890. The molecule has 0 aromatic heterocycles. The van der Waals surface area contributed by atoms with Crippen LogP contribution in [0.1, 0.15) is 27.5 Å². The normalized spacial score (nSPS) is 19.3. The van der Waals surface area contributed by atoms with Crippen LogP contribution in [0.25, 0.3) is 0 Å². The maximum atomic E-state index is 12.5. The van der Waals surface area contributed by atoms with Crippen LogP contribution in [-0.4, -0.2) is 24.2 Å². The van der Waals surface area contributed by atoms with E-state index in [9.17, 15) is 9.90 Å².